The van der Waals surface area contributed by atoms with E-state index in [1.807, 2.05) is 0 Å². The third-order valence-corrected chi connectivity index (χ3v) is 2.81. The first kappa shape index (κ1) is 19.4. The van der Waals surface area contributed by atoms with Crippen LogP contribution in [0.15, 0.2) is 30.4 Å². The van der Waals surface area contributed by atoms with Crippen molar-refractivity contribution in [2.24, 2.45) is 0 Å². The molecule has 0 rings (SSSR count). The molecule has 0 saturated carbocycles. The van der Waals surface area contributed by atoms with E-state index in [1.54, 1.807) is 0 Å². The largest absolute Gasteiger partial charge is 0.317 e. The van der Waals surface area contributed by atoms with E-state index in [0.29, 0.717) is 0 Å². The fraction of sp³-hybridized carbons (Fsp3) is 0. The summed E-state index contributed by atoms with van der Waals surface area (Å²) in [5, 5.41) is -2.06. The molecule has 0 aromatic rings. The van der Waals surface area contributed by atoms with Crippen molar-refractivity contribution in [1.82, 2.24) is 0 Å². The zero-order valence-electron chi connectivity index (χ0n) is 6.78. The molecular weight excluding hydrogens is 377 g/mol. The molecule has 0 aromatic heterocycles. The average Bonchev–Trinajstić information content (AvgIpc) is 2.15. The fourth-order valence-corrected chi connectivity index (χ4v) is 0.926. The molecule has 0 heterocycles. The van der Waals surface area contributed by atoms with Gasteiger partial charge in [0.15, 0.2) is 0 Å². The van der Waals surface area contributed by atoms with Gasteiger partial charge in [0, 0.05) is 0 Å². The van der Waals surface area contributed by atoms with Gasteiger partial charge in [0.2, 0.25) is 0 Å². The monoisotopic (exact) mass is 374 g/mol. The highest BCUT2D eigenvalue weighted by atomic mass is 35.5. The second kappa shape index (κ2) is 10.0. The predicted molar refractivity (Wildman–Crippen MR) is 65.4 cm³/mol. The minimum absolute atomic E-state index is 0.0648. The van der Waals surface area contributed by atoms with Crippen molar-refractivity contribution in [2.75, 3.05) is 0 Å². The third kappa shape index (κ3) is 10.2. The summed E-state index contributed by atoms with van der Waals surface area (Å²) in [6.45, 7) is 0. The van der Waals surface area contributed by atoms with Gasteiger partial charge in [-0.1, -0.05) is 69.6 Å². The van der Waals surface area contributed by atoms with Crippen LogP contribution in [0.4, 0.5) is 13.2 Å². The Morgan fingerprint density at radius 1 is 0.562 bits per heavy atom. The number of hydrogen-bond acceptors (Lipinski definition) is 0. The van der Waals surface area contributed by atoms with E-state index in [0.717, 1.165) is 0 Å². The lowest BCUT2D eigenvalue weighted by Crippen LogP contribution is -1.73. The standard InChI is InChI=1S/C4Cl6.C2ClF3/c5-1(3(7)8)2(6)4(9)10;3-1(4)2(5)6. The molecule has 0 N–H and O–H groups in total. The molecule has 0 aliphatic carbocycles. The molecule has 16 heavy (non-hydrogen) atoms. The molecule has 0 aliphatic rings. The van der Waals surface area contributed by atoms with Crippen LogP contribution in [0.25, 0.3) is 0 Å². The Morgan fingerprint density at radius 2 is 0.750 bits per heavy atom. The Balaban J connectivity index is 0. The van der Waals surface area contributed by atoms with Crippen molar-refractivity contribution in [2.45, 2.75) is 0 Å². The minimum atomic E-state index is -2.48. The van der Waals surface area contributed by atoms with Crippen LogP contribution >= 0.6 is 81.2 Å². The smallest absolute Gasteiger partial charge is 0.188 e. The van der Waals surface area contributed by atoms with E-state index in [4.69, 9.17) is 69.6 Å². The quantitative estimate of drug-likeness (QED) is 0.431. The normalized spacial score (nSPS) is 8.62. The highest BCUT2D eigenvalue weighted by molar-refractivity contribution is 6.65. The van der Waals surface area contributed by atoms with Gasteiger partial charge in [0.1, 0.15) is 8.98 Å². The summed E-state index contributed by atoms with van der Waals surface area (Å²) in [4.78, 5) is 0. The van der Waals surface area contributed by atoms with E-state index in [9.17, 15) is 13.2 Å². The third-order valence-electron chi connectivity index (χ3n) is 0.667. The van der Waals surface area contributed by atoms with Gasteiger partial charge in [-0.3, -0.25) is 0 Å². The molecule has 0 aliphatic heterocycles. The summed E-state index contributed by atoms with van der Waals surface area (Å²) in [6, 6.07) is 0. The van der Waals surface area contributed by atoms with Crippen molar-refractivity contribution in [3.63, 3.8) is 0 Å². The van der Waals surface area contributed by atoms with Crippen LogP contribution in [-0.4, -0.2) is 0 Å². The number of halogens is 10. The second-order valence-corrected chi connectivity index (χ2v) is 4.66. The van der Waals surface area contributed by atoms with Crippen LogP contribution in [0.1, 0.15) is 0 Å². The van der Waals surface area contributed by atoms with Crippen molar-refractivity contribution < 1.29 is 13.2 Å². The molecule has 0 spiro atoms. The molecule has 0 bridgehead atoms. The summed E-state index contributed by atoms with van der Waals surface area (Å²) in [5.74, 6) is 0. The van der Waals surface area contributed by atoms with Gasteiger partial charge in [-0.2, -0.15) is 13.2 Å². The summed E-state index contributed by atoms with van der Waals surface area (Å²) >= 11 is 35.9. The maximum absolute atomic E-state index is 10.7. The van der Waals surface area contributed by atoms with E-state index in [2.05, 4.69) is 11.6 Å². The van der Waals surface area contributed by atoms with Crippen LogP contribution in [0.3, 0.4) is 0 Å². The van der Waals surface area contributed by atoms with Gasteiger partial charge in [-0.05, 0) is 11.6 Å². The molecule has 0 radical (unpaired) electrons. The zero-order valence-corrected chi connectivity index (χ0v) is 12.1. The van der Waals surface area contributed by atoms with E-state index in [-0.39, 0.29) is 19.0 Å². The first-order valence-electron chi connectivity index (χ1n) is 2.89. The molecule has 0 saturated heterocycles. The van der Waals surface area contributed by atoms with Crippen molar-refractivity contribution in [3.05, 3.63) is 30.4 Å². The second-order valence-electron chi connectivity index (χ2n) is 1.67. The van der Waals surface area contributed by atoms with E-state index in [1.165, 1.54) is 0 Å². The molecular formula is C6Cl7F3. The Hall–Kier alpha value is 1.04. The van der Waals surface area contributed by atoms with E-state index >= 15 is 0 Å². The first-order chi connectivity index (χ1) is 7.11. The molecule has 0 unspecified atom stereocenters. The SMILES string of the molecule is ClC(Cl)=C(Cl)C(Cl)=C(Cl)Cl.FC(F)=C(F)Cl. The first-order valence-corrected chi connectivity index (χ1v) is 5.54. The lowest BCUT2D eigenvalue weighted by Gasteiger charge is -1.94. The van der Waals surface area contributed by atoms with Crippen LogP contribution in [0.2, 0.25) is 0 Å². The zero-order chi connectivity index (χ0) is 13.5. The molecule has 0 nitrogen and oxygen atoms in total. The Labute approximate surface area is 124 Å². The summed E-state index contributed by atoms with van der Waals surface area (Å²) < 4.78 is 31.4. The van der Waals surface area contributed by atoms with Crippen LogP contribution < -0.4 is 0 Å². The van der Waals surface area contributed by atoms with Gasteiger partial charge in [0.25, 0.3) is 5.29 Å². The van der Waals surface area contributed by atoms with Crippen molar-refractivity contribution >= 4 is 81.2 Å². The summed E-state index contributed by atoms with van der Waals surface area (Å²) in [6.07, 6.45) is -2.48. The maximum atomic E-state index is 10.7. The Morgan fingerprint density at radius 3 is 0.812 bits per heavy atom. The van der Waals surface area contributed by atoms with Gasteiger partial charge in [0.05, 0.1) is 10.1 Å². The summed E-state index contributed by atoms with van der Waals surface area (Å²) in [7, 11) is 0. The number of allylic oxidation sites excluding steroid dienone is 2. The van der Waals surface area contributed by atoms with Crippen LogP contribution in [0, 0.1) is 0 Å². The van der Waals surface area contributed by atoms with Crippen molar-refractivity contribution in [1.29, 1.82) is 0 Å². The average molecular weight is 377 g/mol. The van der Waals surface area contributed by atoms with Crippen LogP contribution in [0.5, 0.6) is 0 Å². The number of rotatable bonds is 1. The van der Waals surface area contributed by atoms with E-state index < -0.39 is 11.4 Å². The highest BCUT2D eigenvalue weighted by Crippen LogP contribution is 2.32. The molecule has 94 valence electrons. The lowest BCUT2D eigenvalue weighted by atomic mass is 10.6. The van der Waals surface area contributed by atoms with Gasteiger partial charge >= 0.3 is 6.08 Å². The molecule has 0 amide bonds. The maximum Gasteiger partial charge on any atom is 0.317 e. The molecule has 0 atom stereocenters. The number of hydrogen-bond donors (Lipinski definition) is 0. The van der Waals surface area contributed by atoms with Gasteiger partial charge in [-0.25, -0.2) is 0 Å². The molecule has 0 fully saturated rings. The topological polar surface area (TPSA) is 0 Å². The summed E-state index contributed by atoms with van der Waals surface area (Å²) in [5.41, 5.74) is 0. The van der Waals surface area contributed by atoms with Gasteiger partial charge < -0.3 is 0 Å². The van der Waals surface area contributed by atoms with Gasteiger partial charge in [-0.15, -0.1) is 0 Å². The van der Waals surface area contributed by atoms with Crippen LogP contribution in [-0.2, 0) is 0 Å². The minimum Gasteiger partial charge on any atom is -0.188 e. The van der Waals surface area contributed by atoms with Crippen molar-refractivity contribution in [3.8, 4) is 0 Å². The Kier molecular flexibility index (Phi) is 12.1. The predicted octanol–water partition coefficient (Wildman–Crippen LogP) is 7.02. The Bertz CT molecular complexity index is 285. The highest BCUT2D eigenvalue weighted by Gasteiger charge is 2.07. The lowest BCUT2D eigenvalue weighted by molar-refractivity contribution is 0.393. The molecule has 0 aromatic carbocycles. The fourth-order valence-electron chi connectivity index (χ4n) is 0.166. The molecule has 10 heteroatoms.